The number of halogens is 1. The van der Waals surface area contributed by atoms with E-state index in [-0.39, 0.29) is 30.8 Å². The van der Waals surface area contributed by atoms with E-state index in [0.717, 1.165) is 12.8 Å². The Morgan fingerprint density at radius 3 is 2.67 bits per heavy atom. The number of imidazole rings is 1. The lowest BCUT2D eigenvalue weighted by Gasteiger charge is -2.24. The van der Waals surface area contributed by atoms with E-state index in [2.05, 4.69) is 20.0 Å². The number of esters is 1. The van der Waals surface area contributed by atoms with Gasteiger partial charge in [0.1, 0.15) is 11.8 Å². The zero-order chi connectivity index (χ0) is 30.2. The highest BCUT2D eigenvalue weighted by atomic mass is 31.2. The highest BCUT2D eigenvalue weighted by Gasteiger charge is 2.49. The Labute approximate surface area is 243 Å². The maximum Gasteiger partial charge on any atom is 0.459 e. The summed E-state index contributed by atoms with van der Waals surface area (Å²) < 4.78 is 54.1. The van der Waals surface area contributed by atoms with E-state index in [4.69, 9.17) is 24.3 Å². The summed E-state index contributed by atoms with van der Waals surface area (Å²) in [6.07, 6.45) is 1.17. The Kier molecular flexibility index (Phi) is 8.44. The maximum atomic E-state index is 16.0. The van der Waals surface area contributed by atoms with Crippen molar-refractivity contribution in [1.29, 1.82) is 0 Å². The van der Waals surface area contributed by atoms with Gasteiger partial charge in [-0.3, -0.25) is 13.9 Å². The SMILES string of the molecule is CC(C)OC(=O)[C@@H](C)NP(=O)(OC[C@@H]1C[C@@](C)(F)[C@H](n2cnc3c(N(C)C4CC4)nc(N)nc32)O1)Oc1ccccc1. The van der Waals surface area contributed by atoms with Gasteiger partial charge >= 0.3 is 13.7 Å². The second-order valence-electron chi connectivity index (χ2n) is 11.2. The second kappa shape index (κ2) is 11.8. The number of nitrogens with zero attached hydrogens (tertiary/aromatic N) is 5. The standard InChI is InChI=1S/C27H37FN7O6P/c1-16(2)39-24(36)17(3)33-42(37,41-19-9-7-6-8-10-19)38-14-20-13-27(4,28)25(40-20)35-15-30-21-22(34(5)18-11-12-18)31-26(29)32-23(21)35/h6-10,15-18,20,25H,11-14H2,1-5H3,(H,33,37)(H2,29,31,32)/t17-,20+,25-,27-,42?/m1/s1. The number of nitrogens with one attached hydrogen (secondary N) is 1. The van der Waals surface area contributed by atoms with Crippen molar-refractivity contribution in [3.8, 4) is 5.75 Å². The second-order valence-corrected chi connectivity index (χ2v) is 12.9. The monoisotopic (exact) mass is 605 g/mol. The Bertz CT molecular complexity index is 1470. The summed E-state index contributed by atoms with van der Waals surface area (Å²) in [6, 6.07) is 7.71. The summed E-state index contributed by atoms with van der Waals surface area (Å²) in [5.41, 5.74) is 4.99. The molecule has 15 heteroatoms. The topological polar surface area (TPSA) is 156 Å². The average molecular weight is 606 g/mol. The Morgan fingerprint density at radius 2 is 2.00 bits per heavy atom. The molecule has 0 radical (unpaired) electrons. The molecule has 0 spiro atoms. The van der Waals surface area contributed by atoms with E-state index in [0.29, 0.717) is 23.0 Å². The molecule has 42 heavy (non-hydrogen) atoms. The van der Waals surface area contributed by atoms with Crippen LogP contribution in [0.15, 0.2) is 36.7 Å². The van der Waals surface area contributed by atoms with Gasteiger partial charge in [-0.15, -0.1) is 0 Å². The van der Waals surface area contributed by atoms with Crippen LogP contribution in [0.2, 0.25) is 0 Å². The Morgan fingerprint density at radius 1 is 1.29 bits per heavy atom. The van der Waals surface area contributed by atoms with Gasteiger partial charge in [0.15, 0.2) is 28.9 Å². The molecule has 3 heterocycles. The number of rotatable bonds is 12. The molecule has 228 valence electrons. The first-order valence-corrected chi connectivity index (χ1v) is 15.4. The molecule has 2 aromatic heterocycles. The summed E-state index contributed by atoms with van der Waals surface area (Å²) in [5.74, 6) is 0.249. The van der Waals surface area contributed by atoms with Crippen LogP contribution in [-0.2, 0) is 23.4 Å². The molecule has 3 N–H and O–H groups in total. The molecule has 5 rings (SSSR count). The zero-order valence-electron chi connectivity index (χ0n) is 24.3. The summed E-state index contributed by atoms with van der Waals surface area (Å²) in [5, 5.41) is 2.63. The van der Waals surface area contributed by atoms with Crippen molar-refractivity contribution in [3.63, 3.8) is 0 Å². The van der Waals surface area contributed by atoms with Crippen molar-refractivity contribution >= 4 is 36.6 Å². The number of alkyl halides is 1. The maximum absolute atomic E-state index is 16.0. The fraction of sp³-hybridized carbons (Fsp3) is 0.556. The molecule has 0 bridgehead atoms. The summed E-state index contributed by atoms with van der Waals surface area (Å²) in [4.78, 5) is 27.6. The normalized spacial score (nSPS) is 24.5. The van der Waals surface area contributed by atoms with Gasteiger partial charge in [-0.05, 0) is 52.7 Å². The van der Waals surface area contributed by atoms with E-state index in [9.17, 15) is 9.36 Å². The van der Waals surface area contributed by atoms with Gasteiger partial charge in [-0.1, -0.05) is 18.2 Å². The highest BCUT2D eigenvalue weighted by molar-refractivity contribution is 7.52. The lowest BCUT2D eigenvalue weighted by atomic mass is 10.0. The van der Waals surface area contributed by atoms with E-state index in [1.165, 1.54) is 24.7 Å². The molecule has 0 amide bonds. The average Bonchev–Trinajstić information content (AvgIpc) is 3.62. The first-order valence-electron chi connectivity index (χ1n) is 13.9. The van der Waals surface area contributed by atoms with E-state index >= 15 is 4.39 Å². The van der Waals surface area contributed by atoms with Crippen LogP contribution >= 0.6 is 7.75 Å². The highest BCUT2D eigenvalue weighted by Crippen LogP contribution is 2.48. The van der Waals surface area contributed by atoms with Crippen LogP contribution in [0.5, 0.6) is 5.75 Å². The molecule has 1 saturated heterocycles. The molecule has 2 aliphatic rings. The molecule has 1 aliphatic carbocycles. The van der Waals surface area contributed by atoms with Gasteiger partial charge < -0.3 is 24.6 Å². The van der Waals surface area contributed by atoms with E-state index in [1.54, 1.807) is 44.2 Å². The lowest BCUT2D eigenvalue weighted by molar-refractivity contribution is -0.149. The number of ether oxygens (including phenoxy) is 2. The van der Waals surface area contributed by atoms with Crippen LogP contribution < -0.4 is 20.2 Å². The number of aromatic nitrogens is 4. The number of carbonyl (C=O) groups is 1. The Balaban J connectivity index is 1.34. The predicted octanol–water partition coefficient (Wildman–Crippen LogP) is 4.16. The number of para-hydroxylation sites is 1. The fourth-order valence-electron chi connectivity index (χ4n) is 4.86. The van der Waals surface area contributed by atoms with Crippen LogP contribution in [0.3, 0.4) is 0 Å². The van der Waals surface area contributed by atoms with Crippen LogP contribution in [0.25, 0.3) is 11.2 Å². The summed E-state index contributed by atoms with van der Waals surface area (Å²) in [7, 11) is -2.23. The molecular formula is C27H37FN7O6P. The van der Waals surface area contributed by atoms with E-state index < -0.39 is 37.8 Å². The summed E-state index contributed by atoms with van der Waals surface area (Å²) >= 11 is 0. The molecule has 2 fully saturated rings. The van der Waals surface area contributed by atoms with Gasteiger partial charge in [0.05, 0.1) is 25.1 Å². The third-order valence-corrected chi connectivity index (χ3v) is 8.66. The minimum Gasteiger partial charge on any atom is -0.462 e. The van der Waals surface area contributed by atoms with Crippen molar-refractivity contribution in [2.24, 2.45) is 0 Å². The molecule has 1 aliphatic heterocycles. The molecular weight excluding hydrogens is 568 g/mol. The van der Waals surface area contributed by atoms with Gasteiger partial charge in [0.25, 0.3) is 0 Å². The van der Waals surface area contributed by atoms with Crippen molar-refractivity contribution in [2.75, 3.05) is 24.3 Å². The van der Waals surface area contributed by atoms with Crippen molar-refractivity contribution in [3.05, 3.63) is 36.7 Å². The Hall–Kier alpha value is -3.32. The number of hydrogen-bond donors (Lipinski definition) is 2. The van der Waals surface area contributed by atoms with Gasteiger partial charge in [-0.2, -0.15) is 15.1 Å². The number of carbonyl (C=O) groups excluding carboxylic acids is 1. The first-order chi connectivity index (χ1) is 19.8. The molecule has 3 aromatic rings. The molecule has 5 atom stereocenters. The number of anilines is 2. The lowest BCUT2D eigenvalue weighted by Crippen LogP contribution is -2.36. The van der Waals surface area contributed by atoms with Crippen LogP contribution in [0.4, 0.5) is 16.2 Å². The largest absolute Gasteiger partial charge is 0.462 e. The number of hydrogen-bond acceptors (Lipinski definition) is 11. The van der Waals surface area contributed by atoms with Gasteiger partial charge in [0, 0.05) is 19.5 Å². The number of fused-ring (bicyclic) bond motifs is 1. The first kappa shape index (κ1) is 30.1. The molecule has 1 aromatic carbocycles. The fourth-order valence-corrected chi connectivity index (χ4v) is 6.38. The van der Waals surface area contributed by atoms with Crippen LogP contribution in [-0.4, -0.2) is 69.1 Å². The number of nitrogen functional groups attached to an aromatic ring is 1. The van der Waals surface area contributed by atoms with Crippen molar-refractivity contribution in [2.45, 2.75) is 83.1 Å². The third-order valence-electron chi connectivity index (χ3n) is 7.02. The molecule has 13 nitrogen and oxygen atoms in total. The minimum atomic E-state index is -4.15. The number of nitrogens with two attached hydrogens (primary N) is 1. The minimum absolute atomic E-state index is 0.0420. The van der Waals surface area contributed by atoms with Crippen molar-refractivity contribution in [1.82, 2.24) is 24.6 Å². The van der Waals surface area contributed by atoms with Crippen LogP contribution in [0.1, 0.15) is 53.2 Å². The number of benzene rings is 1. The van der Waals surface area contributed by atoms with Gasteiger partial charge in [-0.25, -0.2) is 13.9 Å². The molecule has 1 saturated carbocycles. The summed E-state index contributed by atoms with van der Waals surface area (Å²) in [6.45, 7) is 6.02. The quantitative estimate of drug-likeness (QED) is 0.225. The smallest absolute Gasteiger partial charge is 0.459 e. The van der Waals surface area contributed by atoms with E-state index in [1.807, 2.05) is 11.9 Å². The predicted molar refractivity (Wildman–Crippen MR) is 154 cm³/mol. The zero-order valence-corrected chi connectivity index (χ0v) is 25.2. The van der Waals surface area contributed by atoms with Crippen molar-refractivity contribution < 1.29 is 32.3 Å². The third kappa shape index (κ3) is 6.67. The van der Waals surface area contributed by atoms with Crippen LogP contribution in [0, 0.1) is 0 Å². The van der Waals surface area contributed by atoms with Gasteiger partial charge in [0.2, 0.25) is 5.95 Å². The molecule has 1 unspecified atom stereocenters.